The van der Waals surface area contributed by atoms with E-state index in [2.05, 4.69) is 5.32 Å². The van der Waals surface area contributed by atoms with E-state index in [0.29, 0.717) is 0 Å². The highest BCUT2D eigenvalue weighted by molar-refractivity contribution is 7.98. The molecule has 0 saturated heterocycles. The first-order valence-corrected chi connectivity index (χ1v) is 7.07. The van der Waals surface area contributed by atoms with Crippen LogP contribution in [-0.4, -0.2) is 23.8 Å². The van der Waals surface area contributed by atoms with Gasteiger partial charge in [0.15, 0.2) is 5.76 Å². The second kappa shape index (κ2) is 6.45. The number of carbonyl (C=O) groups excluding carboxylic acids is 1. The zero-order valence-electron chi connectivity index (χ0n) is 10.5. The predicted octanol–water partition coefficient (Wildman–Crippen LogP) is 2.46. The van der Waals surface area contributed by atoms with Gasteiger partial charge in [0.25, 0.3) is 5.91 Å². The minimum Gasteiger partial charge on any atom is -0.459 e. The number of aliphatic hydroxyl groups is 1. The number of amides is 1. The van der Waals surface area contributed by atoms with Gasteiger partial charge in [-0.3, -0.25) is 4.79 Å². The maximum Gasteiger partial charge on any atom is 0.287 e. The SMILES string of the molecule is CSc1ccc([C@H](O)CNC(=O)c2ccco2)cc1. The third-order valence-corrected chi connectivity index (χ3v) is 3.45. The minimum atomic E-state index is -0.727. The van der Waals surface area contributed by atoms with Crippen molar-refractivity contribution < 1.29 is 14.3 Å². The zero-order valence-corrected chi connectivity index (χ0v) is 11.3. The second-order valence-electron chi connectivity index (χ2n) is 3.98. The highest BCUT2D eigenvalue weighted by Gasteiger charge is 2.12. The lowest BCUT2D eigenvalue weighted by atomic mass is 10.1. The fourth-order valence-electron chi connectivity index (χ4n) is 1.63. The van der Waals surface area contributed by atoms with Gasteiger partial charge < -0.3 is 14.8 Å². The maximum absolute atomic E-state index is 11.6. The lowest BCUT2D eigenvalue weighted by Crippen LogP contribution is -2.28. The molecule has 0 fully saturated rings. The third-order valence-electron chi connectivity index (χ3n) is 2.70. The summed E-state index contributed by atoms with van der Waals surface area (Å²) in [7, 11) is 0. The molecule has 2 aromatic rings. The molecule has 0 unspecified atom stereocenters. The summed E-state index contributed by atoms with van der Waals surface area (Å²) in [5, 5.41) is 12.6. The van der Waals surface area contributed by atoms with Gasteiger partial charge in [0.1, 0.15) is 0 Å². The number of benzene rings is 1. The summed E-state index contributed by atoms with van der Waals surface area (Å²) in [6, 6.07) is 10.8. The Morgan fingerprint density at radius 2 is 2.11 bits per heavy atom. The highest BCUT2D eigenvalue weighted by atomic mass is 32.2. The first kappa shape index (κ1) is 13.7. The van der Waals surface area contributed by atoms with Gasteiger partial charge in [-0.25, -0.2) is 0 Å². The van der Waals surface area contributed by atoms with E-state index in [4.69, 9.17) is 4.42 Å². The number of thioether (sulfide) groups is 1. The summed E-state index contributed by atoms with van der Waals surface area (Å²) < 4.78 is 4.97. The van der Waals surface area contributed by atoms with Gasteiger partial charge in [0.05, 0.1) is 12.4 Å². The van der Waals surface area contributed by atoms with E-state index in [1.165, 1.54) is 6.26 Å². The molecular weight excluding hydrogens is 262 g/mol. The first-order valence-electron chi connectivity index (χ1n) is 5.84. The van der Waals surface area contributed by atoms with E-state index >= 15 is 0 Å². The van der Waals surface area contributed by atoms with Gasteiger partial charge in [-0.2, -0.15) is 0 Å². The van der Waals surface area contributed by atoms with Gasteiger partial charge in [-0.05, 0) is 36.1 Å². The standard InChI is InChI=1S/C14H15NO3S/c1-19-11-6-4-10(5-7-11)12(16)9-15-14(17)13-3-2-8-18-13/h2-8,12,16H,9H2,1H3,(H,15,17)/t12-/m1/s1. The molecule has 1 amide bonds. The van der Waals surface area contributed by atoms with Crippen molar-refractivity contribution in [2.45, 2.75) is 11.0 Å². The van der Waals surface area contributed by atoms with Crippen molar-refractivity contribution in [3.05, 3.63) is 54.0 Å². The van der Waals surface area contributed by atoms with Crippen LogP contribution in [-0.2, 0) is 0 Å². The molecule has 2 rings (SSSR count). The van der Waals surface area contributed by atoms with Crippen LogP contribution in [0.4, 0.5) is 0 Å². The molecule has 5 heteroatoms. The molecule has 0 aliphatic carbocycles. The minimum absolute atomic E-state index is 0.151. The van der Waals surface area contributed by atoms with E-state index in [0.717, 1.165) is 10.5 Å². The number of hydrogen-bond donors (Lipinski definition) is 2. The van der Waals surface area contributed by atoms with Gasteiger partial charge in [-0.1, -0.05) is 12.1 Å². The molecule has 0 saturated carbocycles. The van der Waals surface area contributed by atoms with E-state index in [-0.39, 0.29) is 18.2 Å². The summed E-state index contributed by atoms with van der Waals surface area (Å²) in [6.45, 7) is 0.151. The third kappa shape index (κ3) is 3.62. The molecule has 1 atom stereocenters. The maximum atomic E-state index is 11.6. The predicted molar refractivity (Wildman–Crippen MR) is 74.2 cm³/mol. The molecule has 1 heterocycles. The van der Waals surface area contributed by atoms with E-state index in [1.54, 1.807) is 23.9 Å². The summed E-state index contributed by atoms with van der Waals surface area (Å²) in [5.74, 6) is -0.0882. The normalized spacial score (nSPS) is 12.1. The van der Waals surface area contributed by atoms with Crippen molar-refractivity contribution in [2.75, 3.05) is 12.8 Å². The van der Waals surface area contributed by atoms with Crippen molar-refractivity contribution in [2.24, 2.45) is 0 Å². The molecule has 100 valence electrons. The lowest BCUT2D eigenvalue weighted by Gasteiger charge is -2.12. The van der Waals surface area contributed by atoms with Crippen LogP contribution < -0.4 is 5.32 Å². The van der Waals surface area contributed by atoms with Crippen LogP contribution in [0.25, 0.3) is 0 Å². The van der Waals surface area contributed by atoms with Gasteiger partial charge in [0.2, 0.25) is 0 Å². The number of carbonyl (C=O) groups is 1. The number of rotatable bonds is 5. The molecule has 19 heavy (non-hydrogen) atoms. The molecule has 4 nitrogen and oxygen atoms in total. The molecular formula is C14H15NO3S. The molecule has 0 radical (unpaired) electrons. The Bertz CT molecular complexity index is 522. The van der Waals surface area contributed by atoms with E-state index in [1.807, 2.05) is 30.5 Å². The van der Waals surface area contributed by atoms with Gasteiger partial charge >= 0.3 is 0 Å². The van der Waals surface area contributed by atoms with Crippen LogP contribution in [0.1, 0.15) is 22.2 Å². The largest absolute Gasteiger partial charge is 0.459 e. The van der Waals surface area contributed by atoms with Crippen molar-refractivity contribution in [3.63, 3.8) is 0 Å². The van der Waals surface area contributed by atoms with Crippen molar-refractivity contribution in [3.8, 4) is 0 Å². The molecule has 0 spiro atoms. The second-order valence-corrected chi connectivity index (χ2v) is 4.86. The number of aliphatic hydroxyl groups excluding tert-OH is 1. The summed E-state index contributed by atoms with van der Waals surface area (Å²) >= 11 is 1.64. The smallest absolute Gasteiger partial charge is 0.287 e. The Morgan fingerprint density at radius 3 is 2.68 bits per heavy atom. The Morgan fingerprint density at radius 1 is 1.37 bits per heavy atom. The average Bonchev–Trinajstić information content (AvgIpc) is 2.98. The molecule has 0 aliphatic heterocycles. The van der Waals surface area contributed by atoms with Crippen molar-refractivity contribution in [1.82, 2.24) is 5.32 Å². The molecule has 2 N–H and O–H groups in total. The summed E-state index contributed by atoms with van der Waals surface area (Å²) in [5.41, 5.74) is 0.776. The summed E-state index contributed by atoms with van der Waals surface area (Å²) in [4.78, 5) is 12.8. The molecule has 1 aromatic carbocycles. The van der Waals surface area contributed by atoms with E-state index < -0.39 is 6.10 Å². The molecule has 1 aromatic heterocycles. The number of furan rings is 1. The zero-order chi connectivity index (χ0) is 13.7. The topological polar surface area (TPSA) is 62.5 Å². The number of hydrogen-bond acceptors (Lipinski definition) is 4. The van der Waals surface area contributed by atoms with Crippen molar-refractivity contribution in [1.29, 1.82) is 0 Å². The number of nitrogens with one attached hydrogen (secondary N) is 1. The van der Waals surface area contributed by atoms with Crippen LogP contribution in [0.15, 0.2) is 52.0 Å². The highest BCUT2D eigenvalue weighted by Crippen LogP contribution is 2.18. The van der Waals surface area contributed by atoms with Crippen LogP contribution in [0.3, 0.4) is 0 Å². The molecule has 0 aliphatic rings. The quantitative estimate of drug-likeness (QED) is 0.824. The Balaban J connectivity index is 1.90. The van der Waals surface area contributed by atoms with E-state index in [9.17, 15) is 9.90 Å². The lowest BCUT2D eigenvalue weighted by molar-refractivity contribution is 0.0889. The van der Waals surface area contributed by atoms with Crippen LogP contribution in [0.5, 0.6) is 0 Å². The fraction of sp³-hybridized carbons (Fsp3) is 0.214. The van der Waals surface area contributed by atoms with Gasteiger partial charge in [0, 0.05) is 11.4 Å². The summed E-state index contributed by atoms with van der Waals surface area (Å²) in [6.07, 6.45) is 2.71. The first-order chi connectivity index (χ1) is 9.20. The monoisotopic (exact) mass is 277 g/mol. The molecule has 0 bridgehead atoms. The van der Waals surface area contributed by atoms with Crippen LogP contribution in [0.2, 0.25) is 0 Å². The Labute approximate surface area is 115 Å². The van der Waals surface area contributed by atoms with Crippen LogP contribution in [0, 0.1) is 0 Å². The average molecular weight is 277 g/mol. The Hall–Kier alpha value is -1.72. The van der Waals surface area contributed by atoms with Crippen molar-refractivity contribution >= 4 is 17.7 Å². The fourth-order valence-corrected chi connectivity index (χ4v) is 2.04. The Kier molecular flexibility index (Phi) is 4.65. The van der Waals surface area contributed by atoms with Crippen LogP contribution >= 0.6 is 11.8 Å². The van der Waals surface area contributed by atoms with Gasteiger partial charge in [-0.15, -0.1) is 11.8 Å².